The summed E-state index contributed by atoms with van der Waals surface area (Å²) >= 11 is 3.40. The number of halogens is 1. The summed E-state index contributed by atoms with van der Waals surface area (Å²) in [4.78, 5) is 23.9. The third-order valence-corrected chi connectivity index (χ3v) is 4.36. The summed E-state index contributed by atoms with van der Waals surface area (Å²) in [6.45, 7) is 0. The Morgan fingerprint density at radius 2 is 1.73 bits per heavy atom. The first-order valence-corrected chi connectivity index (χ1v) is 8.61. The number of allylic oxidation sites excluding steroid dienone is 2. The van der Waals surface area contributed by atoms with E-state index in [4.69, 9.17) is 9.47 Å². The van der Waals surface area contributed by atoms with Crippen LogP contribution in [0.5, 0.6) is 11.8 Å². The zero-order chi connectivity index (χ0) is 18.5. The van der Waals surface area contributed by atoms with Crippen molar-refractivity contribution in [2.24, 2.45) is 0 Å². The zero-order valence-electron chi connectivity index (χ0n) is 14.3. The normalized spacial score (nSPS) is 12.2. The first-order valence-electron chi connectivity index (χ1n) is 7.82. The molecule has 3 aromatic rings. The van der Waals surface area contributed by atoms with E-state index in [1.54, 1.807) is 31.5 Å². The lowest BCUT2D eigenvalue weighted by atomic mass is 10.0. The van der Waals surface area contributed by atoms with Crippen LogP contribution in [0, 0.1) is 0 Å². The van der Waals surface area contributed by atoms with E-state index in [9.17, 15) is 4.79 Å². The summed E-state index contributed by atoms with van der Waals surface area (Å²) in [5.74, 6) is 1.05. The lowest BCUT2D eigenvalue weighted by molar-refractivity contribution is 0.103. The van der Waals surface area contributed by atoms with Gasteiger partial charge in [0.15, 0.2) is 0 Å². The summed E-state index contributed by atoms with van der Waals surface area (Å²) < 4.78 is 10.9. The van der Waals surface area contributed by atoms with Crippen molar-refractivity contribution in [3.05, 3.63) is 64.4 Å². The van der Waals surface area contributed by atoms with Crippen molar-refractivity contribution in [2.75, 3.05) is 14.2 Å². The van der Waals surface area contributed by atoms with Gasteiger partial charge in [0.1, 0.15) is 11.2 Å². The molecule has 3 aromatic heterocycles. The number of rotatable bonds is 2. The highest BCUT2D eigenvalue weighted by Crippen LogP contribution is 2.22. The second-order valence-electron chi connectivity index (χ2n) is 5.35. The molecule has 0 spiro atoms. The highest BCUT2D eigenvalue weighted by molar-refractivity contribution is 9.10. The van der Waals surface area contributed by atoms with Crippen LogP contribution in [-0.2, 0) is 6.42 Å². The Morgan fingerprint density at radius 3 is 2.50 bits per heavy atom. The minimum absolute atomic E-state index is 0.0415. The molecule has 0 saturated heterocycles. The van der Waals surface area contributed by atoms with E-state index >= 15 is 0 Å². The summed E-state index contributed by atoms with van der Waals surface area (Å²) in [7, 11) is 3.14. The number of carbonyl (C=O) groups excluding carboxylic acids is 1. The fourth-order valence-electron chi connectivity index (χ4n) is 2.42. The summed E-state index contributed by atoms with van der Waals surface area (Å²) in [5, 5.41) is 0. The molecule has 0 aromatic carbocycles. The van der Waals surface area contributed by atoms with E-state index in [0.29, 0.717) is 17.5 Å². The van der Waals surface area contributed by atoms with Gasteiger partial charge in [-0.2, -0.15) is 0 Å². The Bertz CT molecular complexity index is 989. The van der Waals surface area contributed by atoms with Crippen molar-refractivity contribution in [1.82, 2.24) is 15.0 Å². The highest BCUT2D eigenvalue weighted by Gasteiger charge is 2.14. The fourth-order valence-corrected chi connectivity index (χ4v) is 2.83. The van der Waals surface area contributed by atoms with Gasteiger partial charge in [0.05, 0.1) is 19.7 Å². The lowest BCUT2D eigenvalue weighted by Gasteiger charge is -2.09. The molecule has 0 saturated carbocycles. The molecule has 0 aliphatic heterocycles. The molecule has 1 aliphatic carbocycles. The number of methoxy groups -OCH3 is 2. The maximum Gasteiger partial charge on any atom is 0.213 e. The van der Waals surface area contributed by atoms with Gasteiger partial charge in [-0.3, -0.25) is 9.78 Å². The van der Waals surface area contributed by atoms with Crippen molar-refractivity contribution >= 4 is 32.7 Å². The second-order valence-corrected chi connectivity index (χ2v) is 6.20. The van der Waals surface area contributed by atoms with Gasteiger partial charge in [0.25, 0.3) is 0 Å². The number of ether oxygens (including phenoxy) is 2. The molecule has 0 radical (unpaired) electrons. The molecule has 0 fully saturated rings. The average molecular weight is 414 g/mol. The van der Waals surface area contributed by atoms with Gasteiger partial charge in [-0.15, -0.1) is 0 Å². The van der Waals surface area contributed by atoms with Crippen LogP contribution in [0.1, 0.15) is 16.1 Å². The van der Waals surface area contributed by atoms with Gasteiger partial charge >= 0.3 is 0 Å². The molecule has 6 nitrogen and oxygen atoms in total. The Morgan fingerprint density at radius 1 is 1.00 bits per heavy atom. The lowest BCUT2D eigenvalue weighted by Crippen LogP contribution is -2.08. The zero-order valence-corrected chi connectivity index (χ0v) is 15.9. The predicted molar refractivity (Wildman–Crippen MR) is 102 cm³/mol. The molecule has 26 heavy (non-hydrogen) atoms. The van der Waals surface area contributed by atoms with Crippen molar-refractivity contribution in [3.63, 3.8) is 0 Å². The topological polar surface area (TPSA) is 74.2 Å². The third-order valence-electron chi connectivity index (χ3n) is 3.72. The SMILES string of the molecule is COc1ccc2c(n1)C(=O)C=CC2.COc1ccc2nccc(Br)c2n1. The number of ketones is 1. The van der Waals surface area contributed by atoms with Gasteiger partial charge in [-0.05, 0) is 46.1 Å². The molecule has 7 heteroatoms. The molecular weight excluding hydrogens is 398 g/mol. The Balaban J connectivity index is 0.000000151. The number of pyridine rings is 3. The molecular formula is C19H16BrN3O3. The molecule has 1 aliphatic rings. The van der Waals surface area contributed by atoms with E-state index in [1.165, 1.54) is 7.11 Å². The fraction of sp³-hybridized carbons (Fsp3) is 0.158. The molecule has 0 N–H and O–H groups in total. The molecule has 0 atom stereocenters. The van der Waals surface area contributed by atoms with Gasteiger partial charge in [0, 0.05) is 22.8 Å². The highest BCUT2D eigenvalue weighted by atomic mass is 79.9. The maximum absolute atomic E-state index is 11.3. The average Bonchev–Trinajstić information content (AvgIpc) is 2.69. The van der Waals surface area contributed by atoms with Crippen LogP contribution in [0.4, 0.5) is 0 Å². The van der Waals surface area contributed by atoms with E-state index in [-0.39, 0.29) is 5.78 Å². The molecule has 3 heterocycles. The van der Waals surface area contributed by atoms with Crippen LogP contribution < -0.4 is 9.47 Å². The number of aromatic nitrogens is 3. The largest absolute Gasteiger partial charge is 0.481 e. The van der Waals surface area contributed by atoms with Crippen molar-refractivity contribution < 1.29 is 14.3 Å². The number of fused-ring (bicyclic) bond motifs is 2. The molecule has 0 bridgehead atoms. The van der Waals surface area contributed by atoms with Gasteiger partial charge in [-0.1, -0.05) is 12.1 Å². The standard InChI is InChI=1S/C10H9NO2.C9H7BrN2O/c1-13-9-6-5-7-3-2-4-8(12)10(7)11-9;1-13-8-3-2-7-9(12-8)6(10)4-5-11-7/h2,4-6H,3H2,1H3;2-5H,1H3. The molecule has 0 amide bonds. The number of carbonyl (C=O) groups is 1. The Kier molecular flexibility index (Phi) is 5.58. The van der Waals surface area contributed by atoms with Crippen molar-refractivity contribution in [1.29, 1.82) is 0 Å². The minimum atomic E-state index is -0.0415. The van der Waals surface area contributed by atoms with E-state index < -0.39 is 0 Å². The van der Waals surface area contributed by atoms with Gasteiger partial charge in [-0.25, -0.2) is 9.97 Å². The van der Waals surface area contributed by atoms with Crippen LogP contribution in [0.2, 0.25) is 0 Å². The second kappa shape index (κ2) is 8.05. The van der Waals surface area contributed by atoms with Crippen molar-refractivity contribution in [3.8, 4) is 11.8 Å². The van der Waals surface area contributed by atoms with E-state index in [2.05, 4.69) is 30.9 Å². The molecule has 0 unspecified atom stereocenters. The smallest absolute Gasteiger partial charge is 0.213 e. The maximum atomic E-state index is 11.3. The van der Waals surface area contributed by atoms with Crippen molar-refractivity contribution in [2.45, 2.75) is 6.42 Å². The Labute approximate surface area is 159 Å². The molecule has 4 rings (SSSR count). The first-order chi connectivity index (χ1) is 12.6. The van der Waals surface area contributed by atoms with Gasteiger partial charge < -0.3 is 9.47 Å². The van der Waals surface area contributed by atoms with Crippen LogP contribution in [-0.4, -0.2) is 35.0 Å². The van der Waals surface area contributed by atoms with Gasteiger partial charge in [0.2, 0.25) is 17.5 Å². The van der Waals surface area contributed by atoms with E-state index in [1.807, 2.05) is 24.3 Å². The number of hydrogen-bond donors (Lipinski definition) is 0. The quantitative estimate of drug-likeness (QED) is 0.636. The van der Waals surface area contributed by atoms with Crippen LogP contribution in [0.15, 0.2) is 53.2 Å². The number of hydrogen-bond acceptors (Lipinski definition) is 6. The monoisotopic (exact) mass is 413 g/mol. The Hall–Kier alpha value is -2.80. The summed E-state index contributed by atoms with van der Waals surface area (Å²) in [6.07, 6.45) is 5.91. The third kappa shape index (κ3) is 3.88. The van der Waals surface area contributed by atoms with Crippen LogP contribution in [0.25, 0.3) is 11.0 Å². The first kappa shape index (κ1) is 18.0. The molecule has 132 valence electrons. The minimum Gasteiger partial charge on any atom is -0.481 e. The van der Waals surface area contributed by atoms with Crippen LogP contribution >= 0.6 is 15.9 Å². The summed E-state index contributed by atoms with van der Waals surface area (Å²) in [6, 6.07) is 9.18. The predicted octanol–water partition coefficient (Wildman–Crippen LogP) is 3.79. The summed E-state index contributed by atoms with van der Waals surface area (Å²) in [5.41, 5.74) is 3.16. The van der Waals surface area contributed by atoms with E-state index in [0.717, 1.165) is 27.5 Å². The number of nitrogens with zero attached hydrogens (tertiary/aromatic N) is 3. The van der Waals surface area contributed by atoms with Crippen LogP contribution in [0.3, 0.4) is 0 Å².